The first-order chi connectivity index (χ1) is 8.99. The molecule has 1 aliphatic rings. The van der Waals surface area contributed by atoms with E-state index in [2.05, 4.69) is 0 Å². The summed E-state index contributed by atoms with van der Waals surface area (Å²) >= 11 is 0. The zero-order valence-electron chi connectivity index (χ0n) is 11.6. The van der Waals surface area contributed by atoms with Gasteiger partial charge in [0.25, 0.3) is 0 Å². The van der Waals surface area contributed by atoms with Gasteiger partial charge in [0.15, 0.2) is 12.2 Å². The number of rotatable bonds is 6. The Morgan fingerprint density at radius 1 is 1.05 bits per heavy atom. The molecule has 0 aliphatic carbocycles. The molecular weight excluding hydrogens is 255 g/mol. The number of carbonyl (C=O) groups excluding carboxylic acids is 2. The van der Waals surface area contributed by atoms with Crippen molar-refractivity contribution in [2.24, 2.45) is 0 Å². The molecule has 108 valence electrons. The molecule has 0 aromatic carbocycles. The van der Waals surface area contributed by atoms with Gasteiger partial charge in [0.1, 0.15) is 0 Å². The Balaban J connectivity index is 2.72. The average Bonchev–Trinajstić information content (AvgIpc) is 2.72. The molecule has 0 saturated carbocycles. The van der Waals surface area contributed by atoms with Crippen LogP contribution in [0, 0.1) is 0 Å². The maximum absolute atomic E-state index is 11.7. The van der Waals surface area contributed by atoms with Crippen molar-refractivity contribution in [3.63, 3.8) is 0 Å². The summed E-state index contributed by atoms with van der Waals surface area (Å²) in [5.74, 6) is -1.34. The normalized spacial score (nSPS) is 22.7. The second-order valence-corrected chi connectivity index (χ2v) is 4.09. The predicted octanol–water partition coefficient (Wildman–Crippen LogP) is 0.306. The minimum Gasteiger partial charge on any atom is -0.464 e. The third-order valence-electron chi connectivity index (χ3n) is 2.21. The molecule has 1 heterocycles. The first-order valence-corrected chi connectivity index (χ1v) is 6.29. The van der Waals surface area contributed by atoms with E-state index in [1.54, 1.807) is 27.7 Å². The monoisotopic (exact) mass is 274 g/mol. The number of esters is 2. The van der Waals surface area contributed by atoms with Gasteiger partial charge >= 0.3 is 19.3 Å². The Hall–Kier alpha value is -1.12. The number of hydrogen-bond donors (Lipinski definition) is 0. The van der Waals surface area contributed by atoms with Crippen LogP contribution in [0.1, 0.15) is 27.7 Å². The summed E-state index contributed by atoms with van der Waals surface area (Å²) in [5.41, 5.74) is 0. The van der Waals surface area contributed by atoms with Gasteiger partial charge in [-0.1, -0.05) is 0 Å². The Bertz CT molecular complexity index is 294. The SMILES string of the molecule is CCOC(=O)C1OB(OC(C)C)OC1C(=O)OCC. The lowest BCUT2D eigenvalue weighted by molar-refractivity contribution is -0.163. The molecule has 7 nitrogen and oxygen atoms in total. The fraction of sp³-hybridized carbons (Fsp3) is 0.818. The summed E-state index contributed by atoms with van der Waals surface area (Å²) in [7, 11) is -1.08. The average molecular weight is 274 g/mol. The van der Waals surface area contributed by atoms with Gasteiger partial charge in [0, 0.05) is 6.10 Å². The van der Waals surface area contributed by atoms with E-state index in [9.17, 15) is 9.59 Å². The largest absolute Gasteiger partial charge is 0.641 e. The number of hydrogen-bond acceptors (Lipinski definition) is 7. The summed E-state index contributed by atoms with van der Waals surface area (Å²) in [4.78, 5) is 23.4. The van der Waals surface area contributed by atoms with Crippen LogP contribution in [0.4, 0.5) is 0 Å². The maximum atomic E-state index is 11.7. The van der Waals surface area contributed by atoms with Crippen molar-refractivity contribution >= 4 is 19.3 Å². The van der Waals surface area contributed by atoms with Gasteiger partial charge in [0.2, 0.25) is 0 Å². The predicted molar refractivity (Wildman–Crippen MR) is 65.0 cm³/mol. The van der Waals surface area contributed by atoms with Gasteiger partial charge in [-0.25, -0.2) is 9.59 Å². The molecule has 0 N–H and O–H groups in total. The molecule has 0 aromatic heterocycles. The van der Waals surface area contributed by atoms with Crippen LogP contribution in [0.3, 0.4) is 0 Å². The summed E-state index contributed by atoms with van der Waals surface area (Å²) in [6.45, 7) is 7.26. The number of ether oxygens (including phenoxy) is 2. The molecule has 1 fully saturated rings. The van der Waals surface area contributed by atoms with E-state index in [-0.39, 0.29) is 19.3 Å². The van der Waals surface area contributed by atoms with Crippen molar-refractivity contribution in [2.45, 2.75) is 46.0 Å². The number of carbonyl (C=O) groups is 2. The van der Waals surface area contributed by atoms with Gasteiger partial charge in [-0.05, 0) is 27.7 Å². The minimum absolute atomic E-state index is 0.172. The third kappa shape index (κ3) is 4.48. The maximum Gasteiger partial charge on any atom is 0.641 e. The van der Waals surface area contributed by atoms with Crippen molar-refractivity contribution in [1.29, 1.82) is 0 Å². The summed E-state index contributed by atoms with van der Waals surface area (Å²) in [5, 5.41) is 0. The van der Waals surface area contributed by atoms with Crippen molar-refractivity contribution < 1.29 is 33.0 Å². The van der Waals surface area contributed by atoms with Crippen molar-refractivity contribution in [2.75, 3.05) is 13.2 Å². The zero-order chi connectivity index (χ0) is 14.4. The van der Waals surface area contributed by atoms with Gasteiger partial charge in [-0.3, -0.25) is 0 Å². The quantitative estimate of drug-likeness (QED) is 0.509. The van der Waals surface area contributed by atoms with Gasteiger partial charge < -0.3 is 23.4 Å². The molecule has 0 bridgehead atoms. The van der Waals surface area contributed by atoms with Crippen molar-refractivity contribution in [3.8, 4) is 0 Å². The van der Waals surface area contributed by atoms with Gasteiger partial charge in [0.05, 0.1) is 13.2 Å². The highest BCUT2D eigenvalue weighted by atomic mass is 16.8. The third-order valence-corrected chi connectivity index (χ3v) is 2.21. The smallest absolute Gasteiger partial charge is 0.464 e. The first-order valence-electron chi connectivity index (χ1n) is 6.29. The van der Waals surface area contributed by atoms with Crippen LogP contribution in [-0.2, 0) is 33.0 Å². The lowest BCUT2D eigenvalue weighted by atomic mass is 10.2. The standard InChI is InChI=1S/C11H19BO7/c1-5-15-10(13)8-9(11(14)16-6-2)19-12(18-8)17-7(3)4/h7-9H,5-6H2,1-4H3. The zero-order valence-corrected chi connectivity index (χ0v) is 11.6. The van der Waals surface area contributed by atoms with Crippen molar-refractivity contribution in [1.82, 2.24) is 0 Å². The molecule has 1 aliphatic heterocycles. The Labute approximate surface area is 112 Å². The molecule has 2 unspecified atom stereocenters. The lowest BCUT2D eigenvalue weighted by Crippen LogP contribution is -2.39. The van der Waals surface area contributed by atoms with E-state index in [4.69, 9.17) is 23.4 Å². The van der Waals surface area contributed by atoms with Gasteiger partial charge in [-0.15, -0.1) is 0 Å². The highest BCUT2D eigenvalue weighted by Crippen LogP contribution is 2.21. The molecular formula is C11H19BO7. The van der Waals surface area contributed by atoms with Crippen molar-refractivity contribution in [3.05, 3.63) is 0 Å². The molecule has 0 spiro atoms. The highest BCUT2D eigenvalue weighted by Gasteiger charge is 2.51. The van der Waals surface area contributed by atoms with E-state index < -0.39 is 31.5 Å². The van der Waals surface area contributed by atoms with Crippen LogP contribution in [0.5, 0.6) is 0 Å². The summed E-state index contributed by atoms with van der Waals surface area (Å²) < 4.78 is 25.4. The van der Waals surface area contributed by atoms with Crippen LogP contribution >= 0.6 is 0 Å². The second kappa shape index (κ2) is 7.47. The molecule has 0 aromatic rings. The van der Waals surface area contributed by atoms with E-state index in [1.165, 1.54) is 0 Å². The molecule has 19 heavy (non-hydrogen) atoms. The van der Waals surface area contributed by atoms with E-state index >= 15 is 0 Å². The second-order valence-electron chi connectivity index (χ2n) is 4.09. The topological polar surface area (TPSA) is 80.3 Å². The Kier molecular flexibility index (Phi) is 6.27. The fourth-order valence-corrected chi connectivity index (χ4v) is 1.51. The van der Waals surface area contributed by atoms with E-state index in [0.29, 0.717) is 0 Å². The molecule has 2 atom stereocenters. The molecule has 0 amide bonds. The van der Waals surface area contributed by atoms with E-state index in [1.807, 2.05) is 0 Å². The van der Waals surface area contributed by atoms with E-state index in [0.717, 1.165) is 0 Å². The molecule has 8 heteroatoms. The van der Waals surface area contributed by atoms with Crippen LogP contribution in [-0.4, -0.2) is 50.8 Å². The molecule has 1 rings (SSSR count). The van der Waals surface area contributed by atoms with Crippen LogP contribution in [0.25, 0.3) is 0 Å². The lowest BCUT2D eigenvalue weighted by Gasteiger charge is -2.14. The van der Waals surface area contributed by atoms with Gasteiger partial charge in [-0.2, -0.15) is 0 Å². The first kappa shape index (κ1) is 15.9. The fourth-order valence-electron chi connectivity index (χ4n) is 1.51. The summed E-state index contributed by atoms with van der Waals surface area (Å²) in [6, 6.07) is 0. The Morgan fingerprint density at radius 3 is 1.79 bits per heavy atom. The Morgan fingerprint density at radius 2 is 1.47 bits per heavy atom. The molecule has 1 saturated heterocycles. The highest BCUT2D eigenvalue weighted by molar-refractivity contribution is 6.38. The molecule has 0 radical (unpaired) electrons. The van der Waals surface area contributed by atoms with Crippen LogP contribution in [0.15, 0.2) is 0 Å². The minimum atomic E-state index is -1.16. The van der Waals surface area contributed by atoms with Crippen LogP contribution in [0.2, 0.25) is 0 Å². The summed E-state index contributed by atoms with van der Waals surface area (Å²) in [6.07, 6.45) is -2.50. The van der Waals surface area contributed by atoms with Crippen LogP contribution < -0.4 is 0 Å².